The van der Waals surface area contributed by atoms with E-state index in [1.54, 1.807) is 4.68 Å². The number of benzene rings is 1. The summed E-state index contributed by atoms with van der Waals surface area (Å²) in [6, 6.07) is 9.98. The van der Waals surface area contributed by atoms with Crippen molar-refractivity contribution in [2.75, 3.05) is 26.7 Å². The van der Waals surface area contributed by atoms with Crippen LogP contribution in [0.3, 0.4) is 0 Å². The van der Waals surface area contributed by atoms with E-state index in [2.05, 4.69) is 42.9 Å². The Balaban J connectivity index is 0.00000210. The number of hydrogen-bond donors (Lipinski definition) is 1. The molecule has 3 heterocycles. The molecule has 4 rings (SSSR count). The second-order valence-electron chi connectivity index (χ2n) is 6.24. The van der Waals surface area contributed by atoms with E-state index in [9.17, 15) is 0 Å². The maximum absolute atomic E-state index is 5.58. The van der Waals surface area contributed by atoms with Gasteiger partial charge in [0.1, 0.15) is 5.70 Å². The van der Waals surface area contributed by atoms with Gasteiger partial charge in [-0.1, -0.05) is 35.5 Å². The van der Waals surface area contributed by atoms with Crippen LogP contribution >= 0.6 is 12.4 Å². The zero-order valence-corrected chi connectivity index (χ0v) is 15.9. The number of halogens is 1. The zero-order valence-electron chi connectivity index (χ0n) is 15.1. The van der Waals surface area contributed by atoms with Crippen molar-refractivity contribution in [3.8, 4) is 0 Å². The highest BCUT2D eigenvalue weighted by Gasteiger charge is 2.26. The van der Waals surface area contributed by atoms with Crippen LogP contribution in [0.4, 0.5) is 0 Å². The van der Waals surface area contributed by atoms with Gasteiger partial charge in [-0.15, -0.1) is 17.5 Å². The third kappa shape index (κ3) is 4.05. The fraction of sp³-hybridized carbons (Fsp3) is 0.353. The van der Waals surface area contributed by atoms with Crippen molar-refractivity contribution in [3.63, 3.8) is 0 Å². The molecule has 27 heavy (non-hydrogen) atoms. The average molecular weight is 389 g/mol. The number of nitrogens with one attached hydrogen (secondary N) is 1. The molecule has 0 saturated carbocycles. The number of nitrogens with zero attached hydrogens (tertiary/aromatic N) is 7. The van der Waals surface area contributed by atoms with Gasteiger partial charge in [0.15, 0.2) is 11.6 Å². The Morgan fingerprint density at radius 1 is 1.30 bits per heavy atom. The molecular formula is C17H21ClN8O. The van der Waals surface area contributed by atoms with Crippen molar-refractivity contribution >= 4 is 24.2 Å². The molecule has 0 spiro atoms. The van der Waals surface area contributed by atoms with Gasteiger partial charge in [-0.3, -0.25) is 4.90 Å². The Bertz CT molecular complexity index is 907. The van der Waals surface area contributed by atoms with Crippen molar-refractivity contribution in [1.29, 1.82) is 0 Å². The summed E-state index contributed by atoms with van der Waals surface area (Å²) in [5, 5.41) is 19.3. The molecule has 0 bridgehead atoms. The van der Waals surface area contributed by atoms with E-state index < -0.39 is 0 Å². The van der Waals surface area contributed by atoms with Gasteiger partial charge in [-0.2, -0.15) is 9.67 Å². The first-order chi connectivity index (χ1) is 12.7. The maximum Gasteiger partial charge on any atom is 0.276 e. The van der Waals surface area contributed by atoms with Crippen molar-refractivity contribution in [1.82, 2.24) is 40.6 Å². The van der Waals surface area contributed by atoms with Crippen molar-refractivity contribution in [3.05, 3.63) is 53.4 Å². The highest BCUT2D eigenvalue weighted by atomic mass is 35.5. The molecule has 1 fully saturated rings. The minimum Gasteiger partial charge on any atom is -0.332 e. The molecule has 0 radical (unpaired) electrons. The summed E-state index contributed by atoms with van der Waals surface area (Å²) in [6.45, 7) is 4.51. The molecule has 0 aliphatic carbocycles. The summed E-state index contributed by atoms with van der Waals surface area (Å²) >= 11 is 0. The first-order valence-electron chi connectivity index (χ1n) is 8.49. The van der Waals surface area contributed by atoms with E-state index >= 15 is 0 Å². The number of tetrazole rings is 1. The highest BCUT2D eigenvalue weighted by molar-refractivity contribution is 5.85. The second-order valence-corrected chi connectivity index (χ2v) is 6.24. The molecule has 1 unspecified atom stereocenters. The first-order valence-corrected chi connectivity index (χ1v) is 8.49. The van der Waals surface area contributed by atoms with E-state index in [0.29, 0.717) is 23.2 Å². The molecule has 0 amide bonds. The molecule has 142 valence electrons. The van der Waals surface area contributed by atoms with Crippen LogP contribution in [0.1, 0.15) is 29.1 Å². The molecule has 1 N–H and O–H groups in total. The van der Waals surface area contributed by atoms with E-state index in [4.69, 9.17) is 4.52 Å². The summed E-state index contributed by atoms with van der Waals surface area (Å²) in [5.74, 6) is 1.68. The number of piperazine rings is 1. The summed E-state index contributed by atoms with van der Waals surface area (Å²) in [5.41, 5.74) is 1.64. The Labute approximate surface area is 162 Å². The molecule has 10 heteroatoms. The monoisotopic (exact) mass is 388 g/mol. The van der Waals surface area contributed by atoms with Gasteiger partial charge in [0.2, 0.25) is 0 Å². The molecule has 1 aliphatic rings. The minimum absolute atomic E-state index is 0. The fourth-order valence-corrected chi connectivity index (χ4v) is 2.94. The van der Waals surface area contributed by atoms with Crippen molar-refractivity contribution < 1.29 is 4.52 Å². The van der Waals surface area contributed by atoms with Crippen molar-refractivity contribution in [2.45, 2.75) is 13.0 Å². The van der Waals surface area contributed by atoms with Gasteiger partial charge >= 0.3 is 0 Å². The first kappa shape index (κ1) is 19.2. The van der Waals surface area contributed by atoms with Crippen molar-refractivity contribution in [2.24, 2.45) is 0 Å². The van der Waals surface area contributed by atoms with Gasteiger partial charge in [0.05, 0.1) is 6.04 Å². The number of rotatable bonds is 4. The lowest BCUT2D eigenvalue weighted by Crippen LogP contribution is -2.44. The van der Waals surface area contributed by atoms with Crippen LogP contribution in [-0.2, 0) is 0 Å². The zero-order chi connectivity index (χ0) is 17.9. The maximum atomic E-state index is 5.58. The minimum atomic E-state index is 0. The normalized spacial score (nSPS) is 18.3. The smallest absolute Gasteiger partial charge is 0.276 e. The summed E-state index contributed by atoms with van der Waals surface area (Å²) in [6.07, 6.45) is 1.93. The quantitative estimate of drug-likeness (QED) is 0.716. The largest absolute Gasteiger partial charge is 0.332 e. The van der Waals surface area contributed by atoms with Gasteiger partial charge in [0.25, 0.3) is 5.89 Å². The lowest BCUT2D eigenvalue weighted by atomic mass is 10.2. The van der Waals surface area contributed by atoms with E-state index in [1.165, 1.54) is 0 Å². The van der Waals surface area contributed by atoms with Crippen LogP contribution < -0.4 is 5.32 Å². The number of aromatic nitrogens is 6. The van der Waals surface area contributed by atoms with Crippen LogP contribution in [0.2, 0.25) is 0 Å². The Morgan fingerprint density at radius 2 is 2.11 bits per heavy atom. The highest BCUT2D eigenvalue weighted by Crippen LogP contribution is 2.23. The predicted molar refractivity (Wildman–Crippen MR) is 102 cm³/mol. The lowest BCUT2D eigenvalue weighted by molar-refractivity contribution is 0.190. The molecule has 1 saturated heterocycles. The topological polar surface area (TPSA) is 97.8 Å². The molecule has 1 aliphatic heterocycles. The molecule has 1 aromatic carbocycles. The molecule has 9 nitrogen and oxygen atoms in total. The van der Waals surface area contributed by atoms with Gasteiger partial charge in [-0.05, 0) is 36.0 Å². The number of likely N-dealkylation sites (N-methyl/N-ethyl adjacent to an activating group) is 1. The molecule has 2 aromatic heterocycles. The fourth-order valence-electron chi connectivity index (χ4n) is 2.94. The second kappa shape index (κ2) is 8.38. The molecule has 3 aromatic rings. The standard InChI is InChI=1S/C17H20N8O.ClH/c1-12-20-22-23-25(12)14(10-13-6-4-3-5-7-13)17-19-16(21-26-17)15-11-18-8-9-24(15)2;/h3-7,10,15,18H,8-9,11H2,1-2H3;1H/b14-10-;. The van der Waals surface area contributed by atoms with Crippen LogP contribution in [0.5, 0.6) is 0 Å². The van der Waals surface area contributed by atoms with E-state index in [1.807, 2.05) is 43.3 Å². The Hall–Kier alpha value is -2.62. The number of aryl methyl sites for hydroxylation is 1. The summed E-state index contributed by atoms with van der Waals surface area (Å²) in [4.78, 5) is 6.85. The third-order valence-electron chi connectivity index (χ3n) is 4.43. The SMILES string of the molecule is Cc1nnnn1/C(=C\c1ccccc1)c1nc(C2CNCCN2C)no1.Cl. The van der Waals surface area contributed by atoms with E-state index in [-0.39, 0.29) is 18.4 Å². The van der Waals surface area contributed by atoms with Crippen LogP contribution in [0.25, 0.3) is 11.8 Å². The van der Waals surface area contributed by atoms with Crippen LogP contribution in [0.15, 0.2) is 34.9 Å². The summed E-state index contributed by atoms with van der Waals surface area (Å²) in [7, 11) is 2.06. The molecule has 1 atom stereocenters. The third-order valence-corrected chi connectivity index (χ3v) is 4.43. The Kier molecular flexibility index (Phi) is 5.94. The predicted octanol–water partition coefficient (Wildman–Crippen LogP) is 1.41. The van der Waals surface area contributed by atoms with Gasteiger partial charge in [0, 0.05) is 19.6 Å². The Morgan fingerprint density at radius 3 is 2.81 bits per heavy atom. The lowest BCUT2D eigenvalue weighted by Gasteiger charge is -2.30. The average Bonchev–Trinajstić information content (AvgIpc) is 3.30. The van der Waals surface area contributed by atoms with E-state index in [0.717, 1.165) is 25.2 Å². The van der Waals surface area contributed by atoms with Gasteiger partial charge < -0.3 is 9.84 Å². The molecular weight excluding hydrogens is 368 g/mol. The van der Waals surface area contributed by atoms with Crippen LogP contribution in [-0.4, -0.2) is 61.9 Å². The van der Waals surface area contributed by atoms with Gasteiger partial charge in [-0.25, -0.2) is 0 Å². The van der Waals surface area contributed by atoms with Crippen LogP contribution in [0, 0.1) is 6.92 Å². The number of hydrogen-bond acceptors (Lipinski definition) is 8. The summed E-state index contributed by atoms with van der Waals surface area (Å²) < 4.78 is 7.18.